The molecule has 0 aliphatic heterocycles. The summed E-state index contributed by atoms with van der Waals surface area (Å²) in [5.74, 6) is 0.520. The summed E-state index contributed by atoms with van der Waals surface area (Å²) in [6.45, 7) is 4.39. The first-order valence-electron chi connectivity index (χ1n) is 6.82. The number of nitrogens with one attached hydrogen (secondary N) is 2. The molecule has 1 aromatic heterocycles. The largest absolute Gasteiger partial charge is 0.494 e. The lowest BCUT2D eigenvalue weighted by Gasteiger charge is -2.11. The predicted octanol–water partition coefficient (Wildman–Crippen LogP) is 3.08. The Kier molecular flexibility index (Phi) is 4.77. The lowest BCUT2D eigenvalue weighted by Crippen LogP contribution is -2.14. The minimum absolute atomic E-state index is 0.208. The van der Waals surface area contributed by atoms with Crippen LogP contribution in [-0.2, 0) is 0 Å². The Labute approximate surface area is 124 Å². The molecule has 2 aromatic rings. The number of carbonyl (C=O) groups is 1. The van der Waals surface area contributed by atoms with E-state index in [9.17, 15) is 4.79 Å². The number of hydrogen-bond donors (Lipinski definition) is 2. The van der Waals surface area contributed by atoms with Gasteiger partial charge in [0.15, 0.2) is 0 Å². The van der Waals surface area contributed by atoms with Crippen molar-refractivity contribution in [2.45, 2.75) is 13.8 Å². The number of pyridine rings is 1. The molecule has 0 aliphatic carbocycles. The maximum Gasteiger partial charge on any atom is 0.259 e. The molecule has 1 heterocycles. The average molecular weight is 285 g/mol. The second-order valence-corrected chi connectivity index (χ2v) is 4.54. The number of benzene rings is 1. The standard InChI is InChI=1S/C16H19N3O2/c1-4-21-13-7-5-6-12(9-13)19-16(20)14-10-18-11(2)8-15(14)17-3/h5-10H,4H2,1-3H3,(H,17,18)(H,19,20). The van der Waals surface area contributed by atoms with Gasteiger partial charge in [-0.3, -0.25) is 9.78 Å². The van der Waals surface area contributed by atoms with E-state index in [0.29, 0.717) is 17.9 Å². The van der Waals surface area contributed by atoms with Crippen molar-refractivity contribution in [3.63, 3.8) is 0 Å². The summed E-state index contributed by atoms with van der Waals surface area (Å²) in [5, 5.41) is 5.86. The van der Waals surface area contributed by atoms with Crippen LogP contribution in [0.25, 0.3) is 0 Å². The van der Waals surface area contributed by atoms with Gasteiger partial charge in [-0.1, -0.05) is 6.07 Å². The van der Waals surface area contributed by atoms with Crippen molar-refractivity contribution < 1.29 is 9.53 Å². The lowest BCUT2D eigenvalue weighted by molar-refractivity contribution is 0.102. The number of anilines is 2. The number of aryl methyl sites for hydroxylation is 1. The number of ether oxygens (including phenoxy) is 1. The van der Waals surface area contributed by atoms with Crippen LogP contribution >= 0.6 is 0 Å². The van der Waals surface area contributed by atoms with Gasteiger partial charge in [0.2, 0.25) is 0 Å². The molecule has 0 atom stereocenters. The topological polar surface area (TPSA) is 63.2 Å². The summed E-state index contributed by atoms with van der Waals surface area (Å²) in [7, 11) is 1.78. The van der Waals surface area contributed by atoms with Crippen LogP contribution in [0, 0.1) is 6.92 Å². The highest BCUT2D eigenvalue weighted by Crippen LogP contribution is 2.20. The van der Waals surface area contributed by atoms with Crippen LogP contribution in [-0.4, -0.2) is 24.5 Å². The van der Waals surface area contributed by atoms with Crippen LogP contribution in [0.4, 0.5) is 11.4 Å². The fourth-order valence-electron chi connectivity index (χ4n) is 1.98. The van der Waals surface area contributed by atoms with Gasteiger partial charge in [-0.05, 0) is 32.0 Å². The predicted molar refractivity (Wildman–Crippen MR) is 84.1 cm³/mol. The van der Waals surface area contributed by atoms with E-state index in [4.69, 9.17) is 4.74 Å². The second kappa shape index (κ2) is 6.74. The lowest BCUT2D eigenvalue weighted by atomic mass is 10.2. The van der Waals surface area contributed by atoms with Crippen molar-refractivity contribution in [1.82, 2.24) is 4.98 Å². The smallest absolute Gasteiger partial charge is 0.259 e. The average Bonchev–Trinajstić information content (AvgIpc) is 2.47. The summed E-state index contributed by atoms with van der Waals surface area (Å²) < 4.78 is 5.42. The van der Waals surface area contributed by atoms with E-state index in [-0.39, 0.29) is 5.91 Å². The second-order valence-electron chi connectivity index (χ2n) is 4.54. The van der Waals surface area contributed by atoms with Crippen LogP contribution in [0.3, 0.4) is 0 Å². The molecule has 0 saturated carbocycles. The summed E-state index contributed by atoms with van der Waals surface area (Å²) >= 11 is 0. The van der Waals surface area contributed by atoms with Gasteiger partial charge in [-0.15, -0.1) is 0 Å². The summed E-state index contributed by atoms with van der Waals surface area (Å²) in [5.41, 5.74) is 2.80. The van der Waals surface area contributed by atoms with Crippen molar-refractivity contribution in [1.29, 1.82) is 0 Å². The quantitative estimate of drug-likeness (QED) is 0.886. The Bertz CT molecular complexity index is 641. The third-order valence-electron chi connectivity index (χ3n) is 2.96. The molecule has 0 aliphatic rings. The minimum atomic E-state index is -0.208. The number of rotatable bonds is 5. The minimum Gasteiger partial charge on any atom is -0.494 e. The normalized spacial score (nSPS) is 10.0. The summed E-state index contributed by atoms with van der Waals surface area (Å²) in [6.07, 6.45) is 1.57. The zero-order valence-electron chi connectivity index (χ0n) is 12.4. The molecule has 1 amide bonds. The van der Waals surface area contributed by atoms with Gasteiger partial charge in [0.1, 0.15) is 5.75 Å². The molecule has 5 heteroatoms. The molecular formula is C16H19N3O2. The zero-order valence-corrected chi connectivity index (χ0v) is 12.4. The summed E-state index contributed by atoms with van der Waals surface area (Å²) in [4.78, 5) is 16.5. The third kappa shape index (κ3) is 3.72. The van der Waals surface area contributed by atoms with Gasteiger partial charge >= 0.3 is 0 Å². The maximum absolute atomic E-state index is 12.3. The van der Waals surface area contributed by atoms with Crippen molar-refractivity contribution >= 4 is 17.3 Å². The van der Waals surface area contributed by atoms with E-state index in [2.05, 4.69) is 15.6 Å². The van der Waals surface area contributed by atoms with Crippen LogP contribution in [0.5, 0.6) is 5.75 Å². The molecule has 110 valence electrons. The van der Waals surface area contributed by atoms with Gasteiger partial charge in [0.05, 0.1) is 17.9 Å². The SMILES string of the molecule is CCOc1cccc(NC(=O)c2cnc(C)cc2NC)c1. The van der Waals surface area contributed by atoms with Crippen LogP contribution < -0.4 is 15.4 Å². The first-order valence-corrected chi connectivity index (χ1v) is 6.82. The number of amides is 1. The van der Waals surface area contributed by atoms with Crippen molar-refractivity contribution in [3.8, 4) is 5.75 Å². The van der Waals surface area contributed by atoms with E-state index < -0.39 is 0 Å². The zero-order chi connectivity index (χ0) is 15.2. The molecule has 1 aromatic carbocycles. The first kappa shape index (κ1) is 14.8. The van der Waals surface area contributed by atoms with Gasteiger partial charge in [0, 0.05) is 30.7 Å². The molecule has 5 nitrogen and oxygen atoms in total. The number of nitrogens with zero attached hydrogens (tertiary/aromatic N) is 1. The summed E-state index contributed by atoms with van der Waals surface area (Å²) in [6, 6.07) is 9.15. The van der Waals surface area contributed by atoms with E-state index in [1.54, 1.807) is 19.3 Å². The van der Waals surface area contributed by atoms with E-state index in [1.165, 1.54) is 0 Å². The Morgan fingerprint density at radius 1 is 1.33 bits per heavy atom. The highest BCUT2D eigenvalue weighted by Gasteiger charge is 2.12. The first-order chi connectivity index (χ1) is 10.1. The van der Waals surface area contributed by atoms with Crippen molar-refractivity contribution in [2.75, 3.05) is 24.3 Å². The Balaban J connectivity index is 2.20. The van der Waals surface area contributed by atoms with E-state index in [1.807, 2.05) is 38.1 Å². The number of aromatic nitrogens is 1. The molecule has 0 spiro atoms. The van der Waals surface area contributed by atoms with Gasteiger partial charge in [0.25, 0.3) is 5.91 Å². The van der Waals surface area contributed by atoms with E-state index >= 15 is 0 Å². The molecule has 0 fully saturated rings. The highest BCUT2D eigenvalue weighted by molar-refractivity contribution is 6.07. The van der Waals surface area contributed by atoms with Gasteiger partial charge < -0.3 is 15.4 Å². The van der Waals surface area contributed by atoms with Crippen LogP contribution in [0.1, 0.15) is 23.0 Å². The van der Waals surface area contributed by atoms with E-state index in [0.717, 1.165) is 17.1 Å². The third-order valence-corrected chi connectivity index (χ3v) is 2.96. The highest BCUT2D eigenvalue weighted by atomic mass is 16.5. The Morgan fingerprint density at radius 3 is 2.86 bits per heavy atom. The monoisotopic (exact) mass is 285 g/mol. The molecule has 0 saturated heterocycles. The van der Waals surface area contributed by atoms with Gasteiger partial charge in [-0.2, -0.15) is 0 Å². The number of hydrogen-bond acceptors (Lipinski definition) is 4. The molecule has 0 radical (unpaired) electrons. The van der Waals surface area contributed by atoms with Crippen LogP contribution in [0.2, 0.25) is 0 Å². The van der Waals surface area contributed by atoms with Crippen molar-refractivity contribution in [2.24, 2.45) is 0 Å². The molecule has 21 heavy (non-hydrogen) atoms. The maximum atomic E-state index is 12.3. The molecule has 0 unspecified atom stereocenters. The fraction of sp³-hybridized carbons (Fsp3) is 0.250. The molecular weight excluding hydrogens is 266 g/mol. The Hall–Kier alpha value is -2.56. The van der Waals surface area contributed by atoms with Crippen molar-refractivity contribution in [3.05, 3.63) is 47.8 Å². The number of carbonyl (C=O) groups excluding carboxylic acids is 1. The molecule has 0 bridgehead atoms. The molecule has 2 rings (SSSR count). The van der Waals surface area contributed by atoms with Gasteiger partial charge in [-0.25, -0.2) is 0 Å². The molecule has 2 N–H and O–H groups in total. The van der Waals surface area contributed by atoms with Crippen LogP contribution in [0.15, 0.2) is 36.5 Å². The Morgan fingerprint density at radius 2 is 2.14 bits per heavy atom. The fourth-order valence-corrected chi connectivity index (χ4v) is 1.98.